The Bertz CT molecular complexity index is 632. The first-order chi connectivity index (χ1) is 9.70. The van der Waals surface area contributed by atoms with Crippen molar-refractivity contribution in [2.24, 2.45) is 0 Å². The molecule has 0 unspecified atom stereocenters. The topological polar surface area (TPSA) is 39.6 Å². The van der Waals surface area contributed by atoms with Gasteiger partial charge in [-0.3, -0.25) is 0 Å². The second-order valence-electron chi connectivity index (χ2n) is 4.86. The summed E-state index contributed by atoms with van der Waals surface area (Å²) in [5.74, 6) is 0.830. The number of rotatable bonds is 2. The number of hydrogen-bond acceptors (Lipinski definition) is 4. The van der Waals surface area contributed by atoms with Crippen molar-refractivity contribution < 1.29 is 5.11 Å². The third kappa shape index (κ3) is 2.27. The van der Waals surface area contributed by atoms with Crippen LogP contribution < -0.4 is 9.80 Å². The van der Waals surface area contributed by atoms with Crippen molar-refractivity contribution >= 4 is 33.1 Å². The lowest BCUT2D eigenvalue weighted by atomic mass is 10.1. The van der Waals surface area contributed by atoms with Gasteiger partial charge in [0.15, 0.2) is 0 Å². The number of likely N-dealkylation sites (N-methyl/N-ethyl adjacent to an activating group) is 1. The van der Waals surface area contributed by atoms with E-state index < -0.39 is 0 Å². The summed E-state index contributed by atoms with van der Waals surface area (Å²) in [5.41, 5.74) is 3.15. The molecule has 104 valence electrons. The molecule has 0 fully saturated rings. The quantitative estimate of drug-likeness (QED) is 0.917. The molecule has 1 N–H and O–H groups in total. The molecule has 2 aromatic rings. The lowest BCUT2D eigenvalue weighted by Crippen LogP contribution is -2.37. The number of hydrogen-bond donors (Lipinski definition) is 1. The SMILES string of the molecule is CN1CCN(c2ncc(Br)cc2CO)c2ccccc21. The Balaban J connectivity index is 2.10. The summed E-state index contributed by atoms with van der Waals surface area (Å²) in [5, 5.41) is 9.58. The number of aliphatic hydroxyl groups excluding tert-OH is 1. The summed E-state index contributed by atoms with van der Waals surface area (Å²) in [6.07, 6.45) is 1.77. The minimum Gasteiger partial charge on any atom is -0.392 e. The fourth-order valence-corrected chi connectivity index (χ4v) is 2.94. The van der Waals surface area contributed by atoms with Gasteiger partial charge in [0.25, 0.3) is 0 Å². The fourth-order valence-electron chi connectivity index (χ4n) is 2.56. The van der Waals surface area contributed by atoms with E-state index in [1.165, 1.54) is 5.69 Å². The predicted octanol–water partition coefficient (Wildman–Crippen LogP) is 2.92. The molecule has 3 rings (SSSR count). The Labute approximate surface area is 126 Å². The lowest BCUT2D eigenvalue weighted by Gasteiger charge is -2.37. The molecule has 1 aliphatic heterocycles. The molecule has 0 spiro atoms. The minimum absolute atomic E-state index is 0.0176. The normalized spacial score (nSPS) is 14.3. The molecule has 1 aromatic heterocycles. The molecule has 0 radical (unpaired) electrons. The van der Waals surface area contributed by atoms with Crippen molar-refractivity contribution in [3.63, 3.8) is 0 Å². The van der Waals surface area contributed by atoms with Crippen LogP contribution in [0.3, 0.4) is 0 Å². The van der Waals surface area contributed by atoms with Gasteiger partial charge >= 0.3 is 0 Å². The minimum atomic E-state index is -0.0176. The summed E-state index contributed by atoms with van der Waals surface area (Å²) in [7, 11) is 2.10. The van der Waals surface area contributed by atoms with Crippen molar-refractivity contribution in [1.29, 1.82) is 0 Å². The summed E-state index contributed by atoms with van der Waals surface area (Å²) in [6, 6.07) is 10.2. The largest absolute Gasteiger partial charge is 0.392 e. The average molecular weight is 334 g/mol. The van der Waals surface area contributed by atoms with E-state index in [0.29, 0.717) is 0 Å². The van der Waals surface area contributed by atoms with E-state index in [-0.39, 0.29) is 6.61 Å². The maximum Gasteiger partial charge on any atom is 0.138 e. The van der Waals surface area contributed by atoms with Crippen LogP contribution in [0.25, 0.3) is 0 Å². The zero-order valence-electron chi connectivity index (χ0n) is 11.3. The maximum atomic E-state index is 9.58. The van der Waals surface area contributed by atoms with E-state index in [0.717, 1.165) is 34.6 Å². The zero-order chi connectivity index (χ0) is 14.1. The second-order valence-corrected chi connectivity index (χ2v) is 5.77. The van der Waals surface area contributed by atoms with Crippen molar-refractivity contribution in [3.05, 3.63) is 46.6 Å². The first-order valence-corrected chi connectivity index (χ1v) is 7.33. The maximum absolute atomic E-state index is 9.58. The molecule has 4 nitrogen and oxygen atoms in total. The Kier molecular flexibility index (Phi) is 3.63. The second kappa shape index (κ2) is 5.42. The van der Waals surface area contributed by atoms with E-state index in [9.17, 15) is 5.11 Å². The van der Waals surface area contributed by atoms with E-state index >= 15 is 0 Å². The van der Waals surface area contributed by atoms with Crippen LogP contribution in [0.4, 0.5) is 17.2 Å². The molecule has 1 aromatic carbocycles. The van der Waals surface area contributed by atoms with Gasteiger partial charge in [-0.25, -0.2) is 4.98 Å². The average Bonchev–Trinajstić information content (AvgIpc) is 2.48. The van der Waals surface area contributed by atoms with Gasteiger partial charge in [-0.15, -0.1) is 0 Å². The number of aliphatic hydroxyl groups is 1. The van der Waals surface area contributed by atoms with Crippen LogP contribution in [-0.2, 0) is 6.61 Å². The van der Waals surface area contributed by atoms with Crippen LogP contribution in [0.15, 0.2) is 41.0 Å². The van der Waals surface area contributed by atoms with Crippen molar-refractivity contribution in [1.82, 2.24) is 4.98 Å². The molecule has 2 heterocycles. The van der Waals surface area contributed by atoms with Crippen LogP contribution in [0.1, 0.15) is 5.56 Å². The summed E-state index contributed by atoms with van der Waals surface area (Å²) < 4.78 is 0.882. The van der Waals surface area contributed by atoms with Crippen molar-refractivity contribution in [3.8, 4) is 0 Å². The lowest BCUT2D eigenvalue weighted by molar-refractivity contribution is 0.281. The van der Waals surface area contributed by atoms with Gasteiger partial charge in [0.05, 0.1) is 18.0 Å². The molecule has 0 saturated carbocycles. The van der Waals surface area contributed by atoms with Crippen LogP contribution in [0.5, 0.6) is 0 Å². The van der Waals surface area contributed by atoms with Gasteiger partial charge in [0.1, 0.15) is 5.82 Å². The molecular weight excluding hydrogens is 318 g/mol. The fraction of sp³-hybridized carbons (Fsp3) is 0.267. The summed E-state index contributed by atoms with van der Waals surface area (Å²) >= 11 is 3.40. The molecule has 0 atom stereocenters. The monoisotopic (exact) mass is 333 g/mol. The smallest absolute Gasteiger partial charge is 0.138 e. The van der Waals surface area contributed by atoms with Crippen molar-refractivity contribution in [2.75, 3.05) is 29.9 Å². The Morgan fingerprint density at radius 3 is 2.75 bits per heavy atom. The third-order valence-electron chi connectivity index (χ3n) is 3.58. The molecule has 0 aliphatic carbocycles. The van der Waals surface area contributed by atoms with Gasteiger partial charge < -0.3 is 14.9 Å². The van der Waals surface area contributed by atoms with Gasteiger partial charge in [0.2, 0.25) is 0 Å². The summed E-state index contributed by atoms with van der Waals surface area (Å²) in [4.78, 5) is 8.91. The number of para-hydroxylation sites is 2. The Hall–Kier alpha value is -1.59. The molecule has 0 amide bonds. The number of nitrogens with zero attached hydrogens (tertiary/aromatic N) is 3. The van der Waals surface area contributed by atoms with Gasteiger partial charge in [-0.05, 0) is 34.1 Å². The number of aromatic nitrogens is 1. The molecular formula is C15H16BrN3O. The van der Waals surface area contributed by atoms with E-state index in [1.807, 2.05) is 18.2 Å². The number of benzene rings is 1. The van der Waals surface area contributed by atoms with Crippen LogP contribution in [0, 0.1) is 0 Å². The van der Waals surface area contributed by atoms with Crippen LogP contribution in [-0.4, -0.2) is 30.2 Å². The van der Waals surface area contributed by atoms with E-state index in [1.54, 1.807) is 6.20 Å². The molecule has 5 heteroatoms. The summed E-state index contributed by atoms with van der Waals surface area (Å²) in [6.45, 7) is 1.77. The highest BCUT2D eigenvalue weighted by Crippen LogP contribution is 2.37. The highest BCUT2D eigenvalue weighted by atomic mass is 79.9. The van der Waals surface area contributed by atoms with E-state index in [2.05, 4.69) is 49.9 Å². The number of halogens is 1. The standard InChI is InChI=1S/C15H16BrN3O/c1-18-6-7-19(14-5-3-2-4-13(14)18)15-11(10-20)8-12(16)9-17-15/h2-5,8-9,20H,6-7,10H2,1H3. The third-order valence-corrected chi connectivity index (χ3v) is 4.01. The first kappa shape index (κ1) is 13.4. The van der Waals surface area contributed by atoms with Crippen molar-refractivity contribution in [2.45, 2.75) is 6.61 Å². The molecule has 0 bridgehead atoms. The number of fused-ring (bicyclic) bond motifs is 1. The first-order valence-electron chi connectivity index (χ1n) is 6.53. The molecule has 0 saturated heterocycles. The van der Waals surface area contributed by atoms with Gasteiger partial charge in [-0.2, -0.15) is 0 Å². The molecule has 1 aliphatic rings. The van der Waals surface area contributed by atoms with Crippen LogP contribution in [0.2, 0.25) is 0 Å². The Morgan fingerprint density at radius 1 is 1.25 bits per heavy atom. The highest BCUT2D eigenvalue weighted by Gasteiger charge is 2.23. The van der Waals surface area contributed by atoms with Crippen LogP contribution >= 0.6 is 15.9 Å². The zero-order valence-corrected chi connectivity index (χ0v) is 12.8. The predicted molar refractivity (Wildman–Crippen MR) is 84.6 cm³/mol. The van der Waals surface area contributed by atoms with Gasteiger partial charge in [-0.1, -0.05) is 12.1 Å². The highest BCUT2D eigenvalue weighted by molar-refractivity contribution is 9.10. The van der Waals surface area contributed by atoms with E-state index in [4.69, 9.17) is 0 Å². The van der Waals surface area contributed by atoms with Gasteiger partial charge in [0, 0.05) is 36.4 Å². The Morgan fingerprint density at radius 2 is 2.00 bits per heavy atom. The molecule has 20 heavy (non-hydrogen) atoms. The number of anilines is 3. The number of pyridine rings is 1.